The highest BCUT2D eigenvalue weighted by Crippen LogP contribution is 2.23. The van der Waals surface area contributed by atoms with E-state index in [2.05, 4.69) is 13.0 Å². The van der Waals surface area contributed by atoms with Gasteiger partial charge in [0.15, 0.2) is 0 Å². The van der Waals surface area contributed by atoms with Gasteiger partial charge in [-0.15, -0.1) is 0 Å². The highest BCUT2D eigenvalue weighted by Gasteiger charge is 2.19. The molecule has 1 aromatic carbocycles. The molecular weight excluding hydrogens is 314 g/mol. The molecule has 1 heterocycles. The first kappa shape index (κ1) is 19.2. The third-order valence-corrected chi connectivity index (χ3v) is 4.59. The first-order valence-electron chi connectivity index (χ1n) is 9.26. The average Bonchev–Trinajstić information content (AvgIpc) is 2.96. The predicted octanol–water partition coefficient (Wildman–Crippen LogP) is 4.99. The van der Waals surface area contributed by atoms with Gasteiger partial charge in [-0.2, -0.15) is 0 Å². The number of fused-ring (bicyclic) bond motifs is 1. The molecular formula is C21H29NO3. The number of benzene rings is 1. The van der Waals surface area contributed by atoms with Crippen molar-refractivity contribution in [3.63, 3.8) is 0 Å². The van der Waals surface area contributed by atoms with Gasteiger partial charge in [-0.05, 0) is 30.9 Å². The zero-order valence-electron chi connectivity index (χ0n) is 15.6. The summed E-state index contributed by atoms with van der Waals surface area (Å²) in [4.78, 5) is 24.4. The van der Waals surface area contributed by atoms with Gasteiger partial charge in [-0.25, -0.2) is 0 Å². The Morgan fingerprint density at radius 1 is 1.12 bits per heavy atom. The molecule has 25 heavy (non-hydrogen) atoms. The van der Waals surface area contributed by atoms with Crippen LogP contribution in [0.25, 0.3) is 10.9 Å². The van der Waals surface area contributed by atoms with Gasteiger partial charge in [0.1, 0.15) is 0 Å². The molecule has 1 aromatic heterocycles. The van der Waals surface area contributed by atoms with Crippen molar-refractivity contribution in [3.8, 4) is 0 Å². The number of para-hydroxylation sites is 1. The van der Waals surface area contributed by atoms with Crippen molar-refractivity contribution < 1.29 is 14.3 Å². The van der Waals surface area contributed by atoms with E-state index < -0.39 is 0 Å². The quantitative estimate of drug-likeness (QED) is 0.476. The van der Waals surface area contributed by atoms with Crippen LogP contribution < -0.4 is 0 Å². The molecule has 4 nitrogen and oxygen atoms in total. The number of esters is 1. The lowest BCUT2D eigenvalue weighted by molar-refractivity contribution is -0.141. The lowest BCUT2D eigenvalue weighted by Gasteiger charge is -2.13. The van der Waals surface area contributed by atoms with Crippen molar-refractivity contribution in [2.24, 2.45) is 5.92 Å². The standard InChI is InChI=1S/C21H29NO3/c1-4-5-6-7-11-18-15-17-10-8-9-12-19(17)22(18)20(23)13-16(2)14-21(24)25-3/h8-10,12,15-16H,4-7,11,13-14H2,1-3H3. The van der Waals surface area contributed by atoms with Gasteiger partial charge < -0.3 is 4.74 Å². The van der Waals surface area contributed by atoms with Crippen molar-refractivity contribution in [3.05, 3.63) is 36.0 Å². The van der Waals surface area contributed by atoms with E-state index >= 15 is 0 Å². The first-order valence-corrected chi connectivity index (χ1v) is 9.26. The van der Waals surface area contributed by atoms with Crippen LogP contribution in [0.4, 0.5) is 0 Å². The number of hydrogen-bond acceptors (Lipinski definition) is 3. The molecule has 0 aliphatic carbocycles. The monoisotopic (exact) mass is 343 g/mol. The molecule has 1 atom stereocenters. The van der Waals surface area contributed by atoms with Crippen LogP contribution in [0.1, 0.15) is 62.9 Å². The van der Waals surface area contributed by atoms with Gasteiger partial charge in [0.2, 0.25) is 5.91 Å². The van der Waals surface area contributed by atoms with Gasteiger partial charge in [-0.3, -0.25) is 14.2 Å². The van der Waals surface area contributed by atoms with E-state index in [4.69, 9.17) is 4.74 Å². The number of carbonyl (C=O) groups excluding carboxylic acids is 2. The van der Waals surface area contributed by atoms with Crippen molar-refractivity contribution >= 4 is 22.8 Å². The van der Waals surface area contributed by atoms with Gasteiger partial charge in [0.25, 0.3) is 0 Å². The number of aryl methyl sites for hydroxylation is 1. The summed E-state index contributed by atoms with van der Waals surface area (Å²) in [5, 5.41) is 1.10. The minimum Gasteiger partial charge on any atom is -0.469 e. The van der Waals surface area contributed by atoms with Crippen LogP contribution in [-0.4, -0.2) is 23.6 Å². The number of unbranched alkanes of at least 4 members (excludes halogenated alkanes) is 3. The van der Waals surface area contributed by atoms with E-state index in [9.17, 15) is 9.59 Å². The van der Waals surface area contributed by atoms with Gasteiger partial charge >= 0.3 is 5.97 Å². The van der Waals surface area contributed by atoms with E-state index in [1.807, 2.05) is 35.8 Å². The summed E-state index contributed by atoms with van der Waals surface area (Å²) in [6, 6.07) is 10.1. The van der Waals surface area contributed by atoms with Crippen LogP contribution >= 0.6 is 0 Å². The zero-order chi connectivity index (χ0) is 18.2. The maximum atomic E-state index is 12.9. The highest BCUT2D eigenvalue weighted by atomic mass is 16.5. The number of nitrogens with zero attached hydrogens (tertiary/aromatic N) is 1. The van der Waals surface area contributed by atoms with Crippen LogP contribution in [-0.2, 0) is 16.0 Å². The third-order valence-electron chi connectivity index (χ3n) is 4.59. The molecule has 0 saturated heterocycles. The summed E-state index contributed by atoms with van der Waals surface area (Å²) >= 11 is 0. The fourth-order valence-corrected chi connectivity index (χ4v) is 3.25. The topological polar surface area (TPSA) is 48.3 Å². The number of methoxy groups -OCH3 is 1. The largest absolute Gasteiger partial charge is 0.469 e. The molecule has 0 bridgehead atoms. The SMILES string of the molecule is CCCCCCc1cc2ccccc2n1C(=O)CC(C)CC(=O)OC. The van der Waals surface area contributed by atoms with Crippen LogP contribution in [0.3, 0.4) is 0 Å². The van der Waals surface area contributed by atoms with E-state index in [-0.39, 0.29) is 24.2 Å². The Balaban J connectivity index is 2.18. The second-order valence-electron chi connectivity index (χ2n) is 6.82. The molecule has 0 saturated carbocycles. The van der Waals surface area contributed by atoms with E-state index in [0.717, 1.165) is 29.4 Å². The van der Waals surface area contributed by atoms with E-state index in [1.54, 1.807) is 0 Å². The normalized spacial score (nSPS) is 12.3. The molecule has 4 heteroatoms. The maximum absolute atomic E-state index is 12.9. The smallest absolute Gasteiger partial charge is 0.305 e. The molecule has 1 unspecified atom stereocenters. The summed E-state index contributed by atoms with van der Waals surface area (Å²) in [5.74, 6) is -0.241. The zero-order valence-corrected chi connectivity index (χ0v) is 15.6. The fraction of sp³-hybridized carbons (Fsp3) is 0.524. The molecule has 136 valence electrons. The average molecular weight is 343 g/mol. The Kier molecular flexibility index (Phi) is 7.23. The minimum absolute atomic E-state index is 0.0333. The molecule has 0 radical (unpaired) electrons. The molecule has 0 spiro atoms. The Morgan fingerprint density at radius 2 is 1.88 bits per heavy atom. The van der Waals surface area contributed by atoms with Crippen LogP contribution in [0.2, 0.25) is 0 Å². The Labute approximate surface area is 150 Å². The maximum Gasteiger partial charge on any atom is 0.305 e. The molecule has 0 aliphatic heterocycles. The molecule has 0 amide bonds. The lowest BCUT2D eigenvalue weighted by Crippen LogP contribution is -2.18. The molecule has 2 aromatic rings. The Bertz CT molecular complexity index is 717. The van der Waals surface area contributed by atoms with Crippen molar-refractivity contribution in [2.45, 2.75) is 58.8 Å². The Hall–Kier alpha value is -2.10. The van der Waals surface area contributed by atoms with Crippen molar-refractivity contribution in [1.29, 1.82) is 0 Å². The molecule has 0 N–H and O–H groups in total. The van der Waals surface area contributed by atoms with Crippen LogP contribution in [0.5, 0.6) is 0 Å². The van der Waals surface area contributed by atoms with Gasteiger partial charge in [0.05, 0.1) is 12.6 Å². The van der Waals surface area contributed by atoms with Crippen molar-refractivity contribution in [1.82, 2.24) is 4.57 Å². The number of rotatable bonds is 9. The van der Waals surface area contributed by atoms with Crippen LogP contribution in [0.15, 0.2) is 30.3 Å². The number of aromatic nitrogens is 1. The fourth-order valence-electron chi connectivity index (χ4n) is 3.25. The van der Waals surface area contributed by atoms with Crippen LogP contribution in [0, 0.1) is 5.92 Å². The summed E-state index contributed by atoms with van der Waals surface area (Å²) < 4.78 is 6.56. The number of carbonyl (C=O) groups is 2. The van der Waals surface area contributed by atoms with E-state index in [1.165, 1.54) is 26.4 Å². The summed E-state index contributed by atoms with van der Waals surface area (Å²) in [6.45, 7) is 4.12. The molecule has 2 rings (SSSR count). The second kappa shape index (κ2) is 9.40. The predicted molar refractivity (Wildman–Crippen MR) is 101 cm³/mol. The molecule has 0 fully saturated rings. The van der Waals surface area contributed by atoms with Gasteiger partial charge in [0, 0.05) is 23.9 Å². The van der Waals surface area contributed by atoms with E-state index in [0.29, 0.717) is 6.42 Å². The second-order valence-corrected chi connectivity index (χ2v) is 6.82. The summed E-state index contributed by atoms with van der Waals surface area (Å²) in [5.41, 5.74) is 2.04. The number of ether oxygens (including phenoxy) is 1. The Morgan fingerprint density at radius 3 is 2.60 bits per heavy atom. The minimum atomic E-state index is -0.266. The summed E-state index contributed by atoms with van der Waals surface area (Å²) in [6.07, 6.45) is 6.23. The lowest BCUT2D eigenvalue weighted by atomic mass is 10.0. The van der Waals surface area contributed by atoms with Crippen molar-refractivity contribution in [2.75, 3.05) is 7.11 Å². The first-order chi connectivity index (χ1) is 12.1. The molecule has 0 aliphatic rings. The summed E-state index contributed by atoms with van der Waals surface area (Å²) in [7, 11) is 1.38. The number of hydrogen-bond donors (Lipinski definition) is 0. The highest BCUT2D eigenvalue weighted by molar-refractivity contribution is 5.94. The van der Waals surface area contributed by atoms with Gasteiger partial charge in [-0.1, -0.05) is 51.3 Å². The third kappa shape index (κ3) is 5.18.